The summed E-state index contributed by atoms with van der Waals surface area (Å²) in [6, 6.07) is 5.55. The summed E-state index contributed by atoms with van der Waals surface area (Å²) in [4.78, 5) is 13.8. The van der Waals surface area contributed by atoms with Gasteiger partial charge in [0.2, 0.25) is 5.91 Å². The zero-order valence-corrected chi connectivity index (χ0v) is 12.8. The lowest BCUT2D eigenvalue weighted by Crippen LogP contribution is -2.53. The first kappa shape index (κ1) is 14.0. The van der Waals surface area contributed by atoms with Crippen molar-refractivity contribution in [3.8, 4) is 0 Å². The first-order chi connectivity index (χ1) is 9.61. The zero-order chi connectivity index (χ0) is 14.1. The third kappa shape index (κ3) is 3.04. The van der Waals surface area contributed by atoms with Gasteiger partial charge in [-0.1, -0.05) is 6.07 Å². The van der Waals surface area contributed by atoms with Gasteiger partial charge in [-0.25, -0.2) is 4.39 Å². The molecule has 0 bridgehead atoms. The Morgan fingerprint density at radius 3 is 3.05 bits per heavy atom. The molecule has 0 radical (unpaired) electrons. The summed E-state index contributed by atoms with van der Waals surface area (Å²) in [5.74, 6) is 0.537. The number of nitrogens with one attached hydrogen (secondary N) is 1. The van der Waals surface area contributed by atoms with Gasteiger partial charge in [0.15, 0.2) is 0 Å². The van der Waals surface area contributed by atoms with E-state index < -0.39 is 0 Å². The maximum atomic E-state index is 13.2. The average molecular weight is 341 g/mol. The second kappa shape index (κ2) is 5.82. The van der Waals surface area contributed by atoms with Gasteiger partial charge in [0.25, 0.3) is 0 Å². The monoisotopic (exact) mass is 340 g/mol. The molecule has 20 heavy (non-hydrogen) atoms. The van der Waals surface area contributed by atoms with E-state index in [1.165, 1.54) is 6.07 Å². The van der Waals surface area contributed by atoms with Crippen molar-refractivity contribution in [2.24, 2.45) is 5.92 Å². The Hall–Kier alpha value is -0.940. The van der Waals surface area contributed by atoms with Crippen molar-refractivity contribution in [1.82, 2.24) is 10.2 Å². The molecule has 2 heterocycles. The highest BCUT2D eigenvalue weighted by Crippen LogP contribution is 2.27. The van der Waals surface area contributed by atoms with Crippen LogP contribution >= 0.6 is 15.9 Å². The van der Waals surface area contributed by atoms with Gasteiger partial charge in [0.1, 0.15) is 5.82 Å². The van der Waals surface area contributed by atoms with Gasteiger partial charge in [0.05, 0.1) is 4.47 Å². The molecule has 3 nitrogen and oxygen atoms in total. The molecule has 2 unspecified atom stereocenters. The van der Waals surface area contributed by atoms with E-state index in [-0.39, 0.29) is 11.7 Å². The molecule has 2 atom stereocenters. The smallest absolute Gasteiger partial charge is 0.220 e. The number of carbonyl (C=O) groups excluding carboxylic acids is 1. The number of halogens is 2. The van der Waals surface area contributed by atoms with Crippen LogP contribution in [-0.4, -0.2) is 29.9 Å². The summed E-state index contributed by atoms with van der Waals surface area (Å²) < 4.78 is 13.8. The van der Waals surface area contributed by atoms with E-state index in [0.29, 0.717) is 22.9 Å². The number of benzene rings is 1. The molecule has 2 saturated heterocycles. The molecule has 2 aliphatic rings. The Morgan fingerprint density at radius 2 is 2.25 bits per heavy atom. The van der Waals surface area contributed by atoms with Crippen molar-refractivity contribution in [3.63, 3.8) is 0 Å². The second-order valence-electron chi connectivity index (χ2n) is 5.75. The minimum Gasteiger partial charge on any atom is -0.353 e. The van der Waals surface area contributed by atoms with E-state index in [1.54, 1.807) is 0 Å². The summed E-state index contributed by atoms with van der Waals surface area (Å²) >= 11 is 3.23. The molecule has 0 spiro atoms. The van der Waals surface area contributed by atoms with Crippen LogP contribution in [0.3, 0.4) is 0 Å². The fourth-order valence-electron chi connectivity index (χ4n) is 3.23. The van der Waals surface area contributed by atoms with Crippen molar-refractivity contribution in [3.05, 3.63) is 34.1 Å². The Morgan fingerprint density at radius 1 is 1.40 bits per heavy atom. The molecule has 108 valence electrons. The third-order valence-corrected chi connectivity index (χ3v) is 4.90. The first-order valence-corrected chi connectivity index (χ1v) is 7.87. The van der Waals surface area contributed by atoms with Crippen LogP contribution in [0.4, 0.5) is 4.39 Å². The van der Waals surface area contributed by atoms with Crippen molar-refractivity contribution in [1.29, 1.82) is 0 Å². The number of hydrogen-bond donors (Lipinski definition) is 1. The number of carbonyl (C=O) groups is 1. The number of likely N-dealkylation sites (tertiary alicyclic amines) is 1. The molecule has 1 amide bonds. The minimum absolute atomic E-state index is 0.196. The van der Waals surface area contributed by atoms with Gasteiger partial charge >= 0.3 is 0 Å². The Kier molecular flexibility index (Phi) is 4.08. The molecular formula is C15H18BrFN2O. The molecule has 5 heteroatoms. The van der Waals surface area contributed by atoms with Crippen molar-refractivity contribution in [2.45, 2.75) is 31.8 Å². The quantitative estimate of drug-likeness (QED) is 0.897. The average Bonchev–Trinajstić information content (AvgIpc) is 2.43. The van der Waals surface area contributed by atoms with E-state index in [2.05, 4.69) is 26.1 Å². The molecule has 3 rings (SSSR count). The van der Waals surface area contributed by atoms with Crippen LogP contribution in [-0.2, 0) is 11.3 Å². The van der Waals surface area contributed by atoms with Crippen molar-refractivity contribution >= 4 is 21.8 Å². The molecule has 1 aromatic carbocycles. The highest BCUT2D eigenvalue weighted by molar-refractivity contribution is 9.10. The van der Waals surface area contributed by atoms with E-state index in [1.807, 2.05) is 12.1 Å². The highest BCUT2D eigenvalue weighted by atomic mass is 79.9. The van der Waals surface area contributed by atoms with E-state index in [4.69, 9.17) is 0 Å². The SMILES string of the molecule is O=C1CCC2CN(Cc3ccc(F)c(Br)c3)CCC2N1. The van der Waals surface area contributed by atoms with Crippen LogP contribution in [0.25, 0.3) is 0 Å². The standard InChI is InChI=1S/C15H18BrFN2O/c16-12-7-10(1-3-13(12)17)8-19-6-5-14-11(9-19)2-4-15(20)18-14/h1,3,7,11,14H,2,4-6,8-9H2,(H,18,20). The Balaban J connectivity index is 1.62. The molecule has 1 aromatic rings. The van der Waals surface area contributed by atoms with E-state index >= 15 is 0 Å². The lowest BCUT2D eigenvalue weighted by molar-refractivity contribution is -0.125. The third-order valence-electron chi connectivity index (χ3n) is 4.30. The lowest BCUT2D eigenvalue weighted by atomic mass is 9.85. The molecular weight excluding hydrogens is 323 g/mol. The molecule has 1 N–H and O–H groups in total. The highest BCUT2D eigenvalue weighted by Gasteiger charge is 2.33. The first-order valence-electron chi connectivity index (χ1n) is 7.07. The topological polar surface area (TPSA) is 32.3 Å². The summed E-state index contributed by atoms with van der Waals surface area (Å²) in [7, 11) is 0. The Labute approximate surface area is 126 Å². The molecule has 2 fully saturated rings. The largest absolute Gasteiger partial charge is 0.353 e. The molecule has 0 aromatic heterocycles. The maximum Gasteiger partial charge on any atom is 0.220 e. The predicted octanol–water partition coefficient (Wildman–Crippen LogP) is 2.69. The predicted molar refractivity (Wildman–Crippen MR) is 78.6 cm³/mol. The summed E-state index contributed by atoms with van der Waals surface area (Å²) in [6.07, 6.45) is 2.65. The molecule has 0 saturated carbocycles. The number of rotatable bonds is 2. The molecule has 0 aliphatic carbocycles. The van der Waals surface area contributed by atoms with Crippen LogP contribution in [0.1, 0.15) is 24.8 Å². The summed E-state index contributed by atoms with van der Waals surface area (Å²) in [6.45, 7) is 2.84. The van der Waals surface area contributed by atoms with Crippen LogP contribution in [0.15, 0.2) is 22.7 Å². The van der Waals surface area contributed by atoms with Gasteiger partial charge < -0.3 is 5.32 Å². The van der Waals surface area contributed by atoms with E-state index in [9.17, 15) is 9.18 Å². The number of amides is 1. The van der Waals surface area contributed by atoms with Gasteiger partial charge in [-0.2, -0.15) is 0 Å². The fraction of sp³-hybridized carbons (Fsp3) is 0.533. The summed E-state index contributed by atoms with van der Waals surface area (Å²) in [5.41, 5.74) is 1.12. The number of fused-ring (bicyclic) bond motifs is 1. The van der Waals surface area contributed by atoms with Crippen LogP contribution in [0.2, 0.25) is 0 Å². The van der Waals surface area contributed by atoms with Crippen molar-refractivity contribution < 1.29 is 9.18 Å². The van der Waals surface area contributed by atoms with Crippen LogP contribution < -0.4 is 5.32 Å². The van der Waals surface area contributed by atoms with Crippen LogP contribution in [0.5, 0.6) is 0 Å². The lowest BCUT2D eigenvalue weighted by Gasteiger charge is -2.41. The number of piperidine rings is 2. The zero-order valence-electron chi connectivity index (χ0n) is 11.2. The van der Waals surface area contributed by atoms with Gasteiger partial charge in [0, 0.05) is 32.1 Å². The van der Waals surface area contributed by atoms with E-state index in [0.717, 1.165) is 38.0 Å². The minimum atomic E-state index is -0.220. The second-order valence-corrected chi connectivity index (χ2v) is 6.60. The number of hydrogen-bond acceptors (Lipinski definition) is 2. The molecule has 2 aliphatic heterocycles. The normalized spacial score (nSPS) is 27.0. The maximum absolute atomic E-state index is 13.2. The number of nitrogens with zero attached hydrogens (tertiary/aromatic N) is 1. The Bertz CT molecular complexity index is 523. The van der Waals surface area contributed by atoms with Crippen LogP contribution in [0, 0.1) is 11.7 Å². The fourth-order valence-corrected chi connectivity index (χ4v) is 3.65. The van der Waals surface area contributed by atoms with Gasteiger partial charge in [-0.15, -0.1) is 0 Å². The van der Waals surface area contributed by atoms with Gasteiger partial charge in [-0.05, 0) is 52.4 Å². The van der Waals surface area contributed by atoms with Crippen molar-refractivity contribution in [2.75, 3.05) is 13.1 Å². The summed E-state index contributed by atoms with van der Waals surface area (Å²) in [5, 5.41) is 3.10. The van der Waals surface area contributed by atoms with Gasteiger partial charge in [-0.3, -0.25) is 9.69 Å².